The van der Waals surface area contributed by atoms with Crippen LogP contribution in [0.1, 0.15) is 55.8 Å². The Labute approximate surface area is 115 Å². The highest BCUT2D eigenvalue weighted by molar-refractivity contribution is 5.24. The summed E-state index contributed by atoms with van der Waals surface area (Å²) >= 11 is 0. The molecule has 0 amide bonds. The molecule has 1 unspecified atom stereocenters. The van der Waals surface area contributed by atoms with Gasteiger partial charge in [0.1, 0.15) is 11.5 Å². The minimum Gasteiger partial charge on any atom is -0.466 e. The average molecular weight is 263 g/mol. The molecule has 1 aliphatic carbocycles. The standard InChI is InChI=1S/C16H25NO2/c1-11-4-6-16(7-5-11)10-17-9-15(19-16)14-8-12(2)18-13(14)3/h8,11,15,17H,4-7,9-10H2,1-3H3. The maximum atomic E-state index is 6.52. The molecule has 106 valence electrons. The Kier molecular flexibility index (Phi) is 3.44. The van der Waals surface area contributed by atoms with Gasteiger partial charge in [0.15, 0.2) is 0 Å². The van der Waals surface area contributed by atoms with Crippen LogP contribution in [0.3, 0.4) is 0 Å². The average Bonchev–Trinajstić information content (AvgIpc) is 2.73. The van der Waals surface area contributed by atoms with Crippen LogP contribution < -0.4 is 5.32 Å². The lowest BCUT2D eigenvalue weighted by molar-refractivity contribution is -0.140. The van der Waals surface area contributed by atoms with Gasteiger partial charge < -0.3 is 14.5 Å². The van der Waals surface area contributed by atoms with Gasteiger partial charge in [0.2, 0.25) is 0 Å². The first-order chi connectivity index (χ1) is 9.08. The number of ether oxygens (including phenoxy) is 1. The fourth-order valence-corrected chi connectivity index (χ4v) is 3.54. The molecule has 0 radical (unpaired) electrons. The van der Waals surface area contributed by atoms with Crippen LogP contribution in [-0.4, -0.2) is 18.7 Å². The lowest BCUT2D eigenvalue weighted by Crippen LogP contribution is -2.52. The molecule has 0 aromatic carbocycles. The maximum Gasteiger partial charge on any atom is 0.106 e. The van der Waals surface area contributed by atoms with Crippen LogP contribution in [0.15, 0.2) is 10.5 Å². The van der Waals surface area contributed by atoms with E-state index in [4.69, 9.17) is 9.15 Å². The third-order valence-corrected chi connectivity index (χ3v) is 4.78. The summed E-state index contributed by atoms with van der Waals surface area (Å²) in [5.74, 6) is 2.84. The van der Waals surface area contributed by atoms with Gasteiger partial charge in [-0.3, -0.25) is 0 Å². The first kappa shape index (κ1) is 13.2. The minimum absolute atomic E-state index is 0.0625. The second-order valence-electron chi connectivity index (χ2n) is 6.47. The number of nitrogens with one attached hydrogen (secondary N) is 1. The zero-order valence-corrected chi connectivity index (χ0v) is 12.3. The fourth-order valence-electron chi connectivity index (χ4n) is 3.54. The van der Waals surface area contributed by atoms with E-state index in [1.807, 2.05) is 13.8 Å². The first-order valence-electron chi connectivity index (χ1n) is 7.53. The largest absolute Gasteiger partial charge is 0.466 e. The van der Waals surface area contributed by atoms with Gasteiger partial charge in [-0.15, -0.1) is 0 Å². The van der Waals surface area contributed by atoms with Crippen molar-refractivity contribution in [3.8, 4) is 0 Å². The number of hydrogen-bond donors (Lipinski definition) is 1. The Balaban J connectivity index is 1.76. The molecule has 1 aromatic heterocycles. The van der Waals surface area contributed by atoms with Crippen molar-refractivity contribution in [2.75, 3.05) is 13.1 Å². The summed E-state index contributed by atoms with van der Waals surface area (Å²) in [7, 11) is 0. The summed E-state index contributed by atoms with van der Waals surface area (Å²) in [5, 5.41) is 3.58. The molecular weight excluding hydrogens is 238 g/mol. The van der Waals surface area contributed by atoms with E-state index >= 15 is 0 Å². The molecule has 1 spiro atoms. The number of rotatable bonds is 1. The van der Waals surface area contributed by atoms with Crippen molar-refractivity contribution in [3.63, 3.8) is 0 Å². The molecule has 3 heteroatoms. The van der Waals surface area contributed by atoms with Gasteiger partial charge in [-0.05, 0) is 51.5 Å². The zero-order chi connectivity index (χ0) is 13.5. The Morgan fingerprint density at radius 2 is 2.00 bits per heavy atom. The van der Waals surface area contributed by atoms with Crippen molar-refractivity contribution >= 4 is 0 Å². The maximum absolute atomic E-state index is 6.52. The van der Waals surface area contributed by atoms with Crippen molar-refractivity contribution < 1.29 is 9.15 Å². The molecule has 1 saturated heterocycles. The predicted octanol–water partition coefficient (Wildman–Crippen LogP) is 3.51. The van der Waals surface area contributed by atoms with Crippen LogP contribution >= 0.6 is 0 Å². The van der Waals surface area contributed by atoms with E-state index in [9.17, 15) is 0 Å². The van der Waals surface area contributed by atoms with E-state index in [1.54, 1.807) is 0 Å². The van der Waals surface area contributed by atoms with Gasteiger partial charge in [-0.25, -0.2) is 0 Å². The summed E-state index contributed by atoms with van der Waals surface area (Å²) in [4.78, 5) is 0. The Bertz CT molecular complexity index is 444. The van der Waals surface area contributed by atoms with E-state index < -0.39 is 0 Å². The van der Waals surface area contributed by atoms with E-state index in [2.05, 4.69) is 18.3 Å². The highest BCUT2D eigenvalue weighted by atomic mass is 16.5. The summed E-state index contributed by atoms with van der Waals surface area (Å²) in [6.07, 6.45) is 5.11. The van der Waals surface area contributed by atoms with E-state index in [0.29, 0.717) is 0 Å². The molecule has 2 aliphatic rings. The zero-order valence-electron chi connectivity index (χ0n) is 12.3. The predicted molar refractivity (Wildman–Crippen MR) is 75.2 cm³/mol. The van der Waals surface area contributed by atoms with Gasteiger partial charge >= 0.3 is 0 Å². The minimum atomic E-state index is 0.0625. The smallest absolute Gasteiger partial charge is 0.106 e. The monoisotopic (exact) mass is 263 g/mol. The molecule has 1 saturated carbocycles. The van der Waals surface area contributed by atoms with Gasteiger partial charge in [0, 0.05) is 18.7 Å². The summed E-state index contributed by atoms with van der Waals surface area (Å²) in [6.45, 7) is 8.30. The third kappa shape index (κ3) is 2.59. The Morgan fingerprint density at radius 1 is 1.26 bits per heavy atom. The van der Waals surface area contributed by atoms with E-state index in [-0.39, 0.29) is 11.7 Å². The lowest BCUT2D eigenvalue weighted by atomic mass is 9.78. The van der Waals surface area contributed by atoms with Crippen LogP contribution in [0.4, 0.5) is 0 Å². The SMILES string of the molecule is Cc1cc(C2CNCC3(CCC(C)CC3)O2)c(C)o1. The number of aryl methyl sites for hydroxylation is 2. The fraction of sp³-hybridized carbons (Fsp3) is 0.750. The molecule has 2 fully saturated rings. The molecule has 1 aromatic rings. The van der Waals surface area contributed by atoms with Crippen LogP contribution in [-0.2, 0) is 4.74 Å². The molecule has 3 rings (SSSR count). The van der Waals surface area contributed by atoms with Crippen molar-refractivity contribution in [3.05, 3.63) is 23.2 Å². The highest BCUT2D eigenvalue weighted by Crippen LogP contribution is 2.40. The van der Waals surface area contributed by atoms with E-state index in [0.717, 1.165) is 30.5 Å². The molecular formula is C16H25NO2. The quantitative estimate of drug-likeness (QED) is 0.842. The normalized spacial score (nSPS) is 35.7. The van der Waals surface area contributed by atoms with Gasteiger partial charge in [-0.1, -0.05) is 6.92 Å². The lowest BCUT2D eigenvalue weighted by Gasteiger charge is -2.45. The summed E-state index contributed by atoms with van der Waals surface area (Å²) in [6, 6.07) is 2.13. The Morgan fingerprint density at radius 3 is 2.63 bits per heavy atom. The van der Waals surface area contributed by atoms with E-state index in [1.165, 1.54) is 31.2 Å². The Hall–Kier alpha value is -0.800. The molecule has 1 aliphatic heterocycles. The molecule has 0 bridgehead atoms. The van der Waals surface area contributed by atoms with Crippen molar-refractivity contribution in [2.45, 2.75) is 58.2 Å². The highest BCUT2D eigenvalue weighted by Gasteiger charge is 2.40. The van der Waals surface area contributed by atoms with Crippen LogP contribution in [0, 0.1) is 19.8 Å². The molecule has 1 N–H and O–H groups in total. The molecule has 3 nitrogen and oxygen atoms in total. The first-order valence-corrected chi connectivity index (χ1v) is 7.53. The third-order valence-electron chi connectivity index (χ3n) is 4.78. The number of hydrogen-bond acceptors (Lipinski definition) is 3. The van der Waals surface area contributed by atoms with Crippen LogP contribution in [0.5, 0.6) is 0 Å². The summed E-state index contributed by atoms with van der Waals surface area (Å²) < 4.78 is 12.2. The number of furan rings is 1. The van der Waals surface area contributed by atoms with Crippen molar-refractivity contribution in [1.29, 1.82) is 0 Å². The van der Waals surface area contributed by atoms with Gasteiger partial charge in [0.05, 0.1) is 11.7 Å². The summed E-state index contributed by atoms with van der Waals surface area (Å²) in [5.41, 5.74) is 1.29. The number of morpholine rings is 1. The van der Waals surface area contributed by atoms with Crippen molar-refractivity contribution in [2.24, 2.45) is 5.92 Å². The molecule has 2 heterocycles. The topological polar surface area (TPSA) is 34.4 Å². The van der Waals surface area contributed by atoms with Gasteiger partial charge in [-0.2, -0.15) is 0 Å². The van der Waals surface area contributed by atoms with Crippen molar-refractivity contribution in [1.82, 2.24) is 5.32 Å². The molecule has 19 heavy (non-hydrogen) atoms. The molecule has 1 atom stereocenters. The van der Waals surface area contributed by atoms with Crippen LogP contribution in [0.2, 0.25) is 0 Å². The van der Waals surface area contributed by atoms with Crippen LogP contribution in [0.25, 0.3) is 0 Å². The van der Waals surface area contributed by atoms with Gasteiger partial charge in [0.25, 0.3) is 0 Å². The second-order valence-corrected chi connectivity index (χ2v) is 6.47. The second kappa shape index (κ2) is 4.95.